The zero-order valence-corrected chi connectivity index (χ0v) is 11.2. The third kappa shape index (κ3) is 2.25. The van der Waals surface area contributed by atoms with Crippen LogP contribution in [-0.2, 0) is 0 Å². The van der Waals surface area contributed by atoms with Crippen LogP contribution in [0.25, 0.3) is 0 Å². The van der Waals surface area contributed by atoms with E-state index in [1.54, 1.807) is 0 Å². The van der Waals surface area contributed by atoms with Crippen LogP contribution in [0.15, 0.2) is 5.10 Å². The molecule has 0 aromatic rings. The van der Waals surface area contributed by atoms with Crippen molar-refractivity contribution in [3.8, 4) is 0 Å². The van der Waals surface area contributed by atoms with Crippen molar-refractivity contribution in [1.29, 1.82) is 5.41 Å². The van der Waals surface area contributed by atoms with Crippen LogP contribution in [-0.4, -0.2) is 11.7 Å². The molecule has 0 saturated heterocycles. The molecule has 0 unspecified atom stereocenters. The van der Waals surface area contributed by atoms with E-state index >= 15 is 0 Å². The molecule has 0 spiro atoms. The molecule has 0 aromatic carbocycles. The third-order valence-corrected chi connectivity index (χ3v) is 5.16. The number of hydrogen-bond acceptors (Lipinski definition) is 2. The van der Waals surface area contributed by atoms with Gasteiger partial charge in [-0.3, -0.25) is 5.41 Å². The summed E-state index contributed by atoms with van der Waals surface area (Å²) in [6.07, 6.45) is 9.78. The van der Waals surface area contributed by atoms with E-state index < -0.39 is 0 Å². The second-order valence-corrected chi connectivity index (χ2v) is 6.97. The zero-order chi connectivity index (χ0) is 12.8. The number of nitrogens with zero attached hydrogens (tertiary/aromatic N) is 1. The maximum Gasteiger partial charge on any atom is 0.206 e. The molecule has 18 heavy (non-hydrogen) atoms. The fourth-order valence-electron chi connectivity index (χ4n) is 5.24. The van der Waals surface area contributed by atoms with Crippen LogP contribution in [0.4, 0.5) is 0 Å². The summed E-state index contributed by atoms with van der Waals surface area (Å²) in [6.45, 7) is 2.06. The first-order valence-corrected chi connectivity index (χ1v) is 7.18. The molecule has 0 aliphatic heterocycles. The zero-order valence-electron chi connectivity index (χ0n) is 11.2. The minimum Gasteiger partial charge on any atom is -0.369 e. The monoisotopic (exact) mass is 248 g/mol. The number of nitrogens with one attached hydrogen (secondary N) is 2. The predicted molar refractivity (Wildman–Crippen MR) is 73.4 cm³/mol. The average Bonchev–Trinajstić information content (AvgIpc) is 2.23. The molecular weight excluding hydrogens is 224 g/mol. The molecule has 4 rings (SSSR count). The van der Waals surface area contributed by atoms with Gasteiger partial charge in [0.05, 0.1) is 0 Å². The number of guanidine groups is 1. The first-order chi connectivity index (χ1) is 8.55. The van der Waals surface area contributed by atoms with Gasteiger partial charge in [-0.2, -0.15) is 5.10 Å². The summed E-state index contributed by atoms with van der Waals surface area (Å²) >= 11 is 0. The van der Waals surface area contributed by atoms with Gasteiger partial charge in [0.15, 0.2) is 0 Å². The second-order valence-electron chi connectivity index (χ2n) is 6.97. The standard InChI is InChI=1S/C14H24N4/c1-9(17-18-13(15)16)5-14-6-10-2-11(7-14)4-12(3-10)8-14/h10-12H,2-8H2,1H3,(H4,15,16,18)/b17-9+. The highest BCUT2D eigenvalue weighted by atomic mass is 15.3. The van der Waals surface area contributed by atoms with Gasteiger partial charge >= 0.3 is 0 Å². The van der Waals surface area contributed by atoms with E-state index in [1.807, 2.05) is 0 Å². The molecule has 0 radical (unpaired) electrons. The van der Waals surface area contributed by atoms with Gasteiger partial charge in [-0.25, -0.2) is 5.43 Å². The van der Waals surface area contributed by atoms with Crippen molar-refractivity contribution >= 4 is 11.7 Å². The normalized spacial score (nSPS) is 42.1. The van der Waals surface area contributed by atoms with E-state index in [2.05, 4.69) is 17.5 Å². The van der Waals surface area contributed by atoms with Gasteiger partial charge in [-0.1, -0.05) is 0 Å². The summed E-state index contributed by atoms with van der Waals surface area (Å²) in [5.41, 5.74) is 9.48. The first-order valence-electron chi connectivity index (χ1n) is 7.18. The lowest BCUT2D eigenvalue weighted by molar-refractivity contribution is -0.0482. The topological polar surface area (TPSA) is 74.3 Å². The lowest BCUT2D eigenvalue weighted by Crippen LogP contribution is -2.46. The lowest BCUT2D eigenvalue weighted by Gasteiger charge is -2.57. The molecule has 4 aliphatic carbocycles. The van der Waals surface area contributed by atoms with Crippen molar-refractivity contribution in [2.75, 3.05) is 0 Å². The highest BCUT2D eigenvalue weighted by molar-refractivity contribution is 5.84. The molecule has 4 N–H and O–H groups in total. The van der Waals surface area contributed by atoms with Crippen LogP contribution in [0.3, 0.4) is 0 Å². The van der Waals surface area contributed by atoms with Gasteiger partial charge in [-0.05, 0) is 75.0 Å². The Morgan fingerprint density at radius 1 is 1.22 bits per heavy atom. The molecule has 0 atom stereocenters. The largest absolute Gasteiger partial charge is 0.369 e. The van der Waals surface area contributed by atoms with E-state index in [1.165, 1.54) is 38.5 Å². The molecule has 0 heterocycles. The number of hydrogen-bond donors (Lipinski definition) is 3. The maximum atomic E-state index is 7.14. The number of hydrazone groups is 1. The Bertz CT molecular complexity index is 350. The smallest absolute Gasteiger partial charge is 0.206 e. The predicted octanol–water partition coefficient (Wildman–Crippen LogP) is 2.45. The van der Waals surface area contributed by atoms with Gasteiger partial charge in [0.2, 0.25) is 5.96 Å². The Morgan fingerprint density at radius 3 is 2.17 bits per heavy atom. The number of rotatable bonds is 3. The highest BCUT2D eigenvalue weighted by Gasteiger charge is 2.50. The fourth-order valence-corrected chi connectivity index (χ4v) is 5.24. The summed E-state index contributed by atoms with van der Waals surface area (Å²) < 4.78 is 0. The van der Waals surface area contributed by atoms with Crippen LogP contribution in [0.5, 0.6) is 0 Å². The van der Waals surface area contributed by atoms with E-state index in [9.17, 15) is 0 Å². The molecule has 100 valence electrons. The van der Waals surface area contributed by atoms with E-state index in [-0.39, 0.29) is 5.96 Å². The van der Waals surface area contributed by atoms with E-state index in [4.69, 9.17) is 11.1 Å². The van der Waals surface area contributed by atoms with Crippen LogP contribution >= 0.6 is 0 Å². The fraction of sp³-hybridized carbons (Fsp3) is 0.857. The first kappa shape index (κ1) is 12.0. The highest BCUT2D eigenvalue weighted by Crippen LogP contribution is 2.61. The summed E-state index contributed by atoms with van der Waals surface area (Å²) in [5, 5.41) is 11.4. The van der Waals surface area contributed by atoms with Crippen LogP contribution in [0, 0.1) is 28.6 Å². The summed E-state index contributed by atoms with van der Waals surface area (Å²) in [5.74, 6) is 2.90. The molecule has 4 nitrogen and oxygen atoms in total. The molecule has 4 saturated carbocycles. The van der Waals surface area contributed by atoms with Crippen molar-refractivity contribution in [3.63, 3.8) is 0 Å². The lowest BCUT2D eigenvalue weighted by atomic mass is 9.48. The molecule has 4 heteroatoms. The summed E-state index contributed by atoms with van der Waals surface area (Å²) in [4.78, 5) is 0. The Balaban J connectivity index is 1.68. The van der Waals surface area contributed by atoms with Crippen molar-refractivity contribution in [2.24, 2.45) is 34.0 Å². The van der Waals surface area contributed by atoms with Crippen molar-refractivity contribution < 1.29 is 0 Å². The maximum absolute atomic E-state index is 7.14. The Hall–Kier alpha value is -1.06. The molecule has 0 amide bonds. The quantitative estimate of drug-likeness (QED) is 0.408. The Kier molecular flexibility index (Phi) is 2.83. The molecule has 4 aliphatic rings. The average molecular weight is 248 g/mol. The molecular formula is C14H24N4. The Morgan fingerprint density at radius 2 is 1.72 bits per heavy atom. The summed E-state index contributed by atoms with van der Waals surface area (Å²) in [6, 6.07) is 0. The Labute approximate surface area is 109 Å². The van der Waals surface area contributed by atoms with E-state index in [0.717, 1.165) is 29.9 Å². The minimum absolute atomic E-state index is 0.0696. The van der Waals surface area contributed by atoms with Gasteiger partial charge in [0.1, 0.15) is 0 Å². The van der Waals surface area contributed by atoms with Gasteiger partial charge in [0, 0.05) is 5.71 Å². The van der Waals surface area contributed by atoms with Crippen LogP contribution in [0.1, 0.15) is 51.9 Å². The summed E-state index contributed by atoms with van der Waals surface area (Å²) in [7, 11) is 0. The van der Waals surface area contributed by atoms with Gasteiger partial charge in [0.25, 0.3) is 0 Å². The minimum atomic E-state index is -0.0696. The van der Waals surface area contributed by atoms with Crippen molar-refractivity contribution in [2.45, 2.75) is 51.9 Å². The molecule has 4 fully saturated rings. The molecule has 0 aromatic heterocycles. The second kappa shape index (κ2) is 4.25. The van der Waals surface area contributed by atoms with Gasteiger partial charge in [-0.15, -0.1) is 0 Å². The number of nitrogens with two attached hydrogens (primary N) is 1. The van der Waals surface area contributed by atoms with Crippen molar-refractivity contribution in [3.05, 3.63) is 0 Å². The molecule has 4 bridgehead atoms. The van der Waals surface area contributed by atoms with Gasteiger partial charge < -0.3 is 5.73 Å². The van der Waals surface area contributed by atoms with E-state index in [0.29, 0.717) is 5.41 Å². The van der Waals surface area contributed by atoms with Crippen LogP contribution in [0.2, 0.25) is 0 Å². The van der Waals surface area contributed by atoms with Crippen molar-refractivity contribution in [1.82, 2.24) is 5.43 Å². The van der Waals surface area contributed by atoms with Crippen LogP contribution < -0.4 is 11.2 Å². The SMILES string of the molecule is C/C(CC12CC3CC(CC(C3)C1)C2)=N\NC(=N)N. The third-order valence-electron chi connectivity index (χ3n) is 5.16.